The summed E-state index contributed by atoms with van der Waals surface area (Å²) in [5.74, 6) is 0.345. The maximum atomic E-state index is 13.6. The van der Waals surface area contributed by atoms with E-state index in [1.54, 1.807) is 24.3 Å². The number of hydrogen-bond donors (Lipinski definition) is 1. The topological polar surface area (TPSA) is 46.5 Å². The highest BCUT2D eigenvalue weighted by Crippen LogP contribution is 2.37. The Morgan fingerprint density at radius 3 is 2.68 bits per heavy atom. The van der Waals surface area contributed by atoms with Gasteiger partial charge in [0.25, 0.3) is 0 Å². The summed E-state index contributed by atoms with van der Waals surface area (Å²) in [6.07, 6.45) is 0. The van der Waals surface area contributed by atoms with Gasteiger partial charge in [0.05, 0.1) is 27.3 Å². The van der Waals surface area contributed by atoms with E-state index in [1.807, 2.05) is 32.0 Å². The molecule has 0 bridgehead atoms. The van der Waals surface area contributed by atoms with Crippen molar-refractivity contribution < 1.29 is 8.78 Å². The summed E-state index contributed by atoms with van der Waals surface area (Å²) in [5.41, 5.74) is 3.96. The number of halogens is 2. The minimum Gasteiger partial charge on any atom is -0.333 e. The molecule has 0 saturated carbocycles. The van der Waals surface area contributed by atoms with Gasteiger partial charge in [-0.1, -0.05) is 30.0 Å². The van der Waals surface area contributed by atoms with E-state index in [0.717, 1.165) is 21.2 Å². The van der Waals surface area contributed by atoms with Crippen LogP contribution in [-0.2, 0) is 0 Å². The predicted molar refractivity (Wildman–Crippen MR) is 96.1 cm³/mol. The number of aryl methyl sites for hydroxylation is 1. The van der Waals surface area contributed by atoms with Crippen LogP contribution < -0.4 is 0 Å². The number of aromatic amines is 1. The zero-order valence-electron chi connectivity index (χ0n) is 13.7. The number of fused-ring (bicyclic) bond motifs is 2. The molecule has 1 N–H and O–H groups in total. The van der Waals surface area contributed by atoms with E-state index >= 15 is 0 Å². The zero-order chi connectivity index (χ0) is 17.6. The molecule has 0 radical (unpaired) electrons. The average Bonchev–Trinajstić information content (AvgIpc) is 3.14. The van der Waals surface area contributed by atoms with E-state index in [9.17, 15) is 8.78 Å². The molecule has 25 heavy (non-hydrogen) atoms. The number of H-pyrrole nitrogens is 1. The van der Waals surface area contributed by atoms with Crippen molar-refractivity contribution in [2.45, 2.75) is 30.8 Å². The first kappa shape index (κ1) is 16.1. The monoisotopic (exact) mass is 358 g/mol. The summed E-state index contributed by atoms with van der Waals surface area (Å²) in [7, 11) is 0. The van der Waals surface area contributed by atoms with Crippen molar-refractivity contribution in [3.63, 3.8) is 0 Å². The van der Waals surface area contributed by atoms with Gasteiger partial charge in [0.15, 0.2) is 5.16 Å². The standard InChI is InChI=1S/C18H16F2N4S/c1-10-7-8-12-14(9-10)23-18(22-12)25-11(2)16-21-13-5-3-4-6-15(13)24(16)17(19)20/h3-9,11,17H,1-2H3,(H,22,23). The number of thioether (sulfide) groups is 1. The van der Waals surface area contributed by atoms with Crippen LogP contribution in [-0.4, -0.2) is 19.5 Å². The lowest BCUT2D eigenvalue weighted by Crippen LogP contribution is -2.06. The van der Waals surface area contributed by atoms with E-state index in [0.29, 0.717) is 22.0 Å². The van der Waals surface area contributed by atoms with Gasteiger partial charge in [-0.3, -0.25) is 4.57 Å². The lowest BCUT2D eigenvalue weighted by Gasteiger charge is -2.12. The fraction of sp³-hybridized carbons (Fsp3) is 0.222. The fourth-order valence-corrected chi connectivity index (χ4v) is 3.86. The minimum atomic E-state index is -2.64. The number of imidazole rings is 2. The van der Waals surface area contributed by atoms with Gasteiger partial charge in [-0.05, 0) is 43.7 Å². The number of aromatic nitrogens is 4. The van der Waals surface area contributed by atoms with Crippen LogP contribution in [0.15, 0.2) is 47.6 Å². The van der Waals surface area contributed by atoms with Gasteiger partial charge in [-0.2, -0.15) is 8.78 Å². The second-order valence-corrected chi connectivity index (χ2v) is 7.26. The largest absolute Gasteiger partial charge is 0.333 e. The zero-order valence-corrected chi connectivity index (χ0v) is 14.5. The molecule has 0 aliphatic heterocycles. The third-order valence-electron chi connectivity index (χ3n) is 4.09. The van der Waals surface area contributed by atoms with Gasteiger partial charge in [-0.25, -0.2) is 9.97 Å². The number of nitrogens with zero attached hydrogens (tertiary/aromatic N) is 3. The van der Waals surface area contributed by atoms with Crippen LogP contribution >= 0.6 is 11.8 Å². The Bertz CT molecular complexity index is 1050. The van der Waals surface area contributed by atoms with Crippen LogP contribution in [0.3, 0.4) is 0 Å². The lowest BCUT2D eigenvalue weighted by molar-refractivity contribution is 0.0715. The number of para-hydroxylation sites is 2. The Kier molecular flexibility index (Phi) is 3.95. The molecule has 0 aliphatic carbocycles. The number of nitrogens with one attached hydrogen (secondary N) is 1. The van der Waals surface area contributed by atoms with E-state index in [4.69, 9.17) is 0 Å². The number of benzene rings is 2. The first-order chi connectivity index (χ1) is 12.0. The lowest BCUT2D eigenvalue weighted by atomic mass is 10.2. The van der Waals surface area contributed by atoms with Crippen LogP contribution in [0.5, 0.6) is 0 Å². The second kappa shape index (κ2) is 6.15. The summed E-state index contributed by atoms with van der Waals surface area (Å²) in [6, 6.07) is 12.9. The highest BCUT2D eigenvalue weighted by atomic mass is 32.2. The van der Waals surface area contributed by atoms with Crippen molar-refractivity contribution in [3.05, 3.63) is 53.9 Å². The Morgan fingerprint density at radius 1 is 1.08 bits per heavy atom. The molecule has 4 rings (SSSR count). The maximum absolute atomic E-state index is 13.6. The van der Waals surface area contributed by atoms with Crippen molar-refractivity contribution in [1.29, 1.82) is 0 Å². The quantitative estimate of drug-likeness (QED) is 0.492. The Hall–Kier alpha value is -2.41. The van der Waals surface area contributed by atoms with Crippen LogP contribution in [0.1, 0.15) is 30.1 Å². The second-order valence-electron chi connectivity index (χ2n) is 5.93. The van der Waals surface area contributed by atoms with Crippen LogP contribution in [0.25, 0.3) is 22.1 Å². The normalized spacial score (nSPS) is 13.2. The van der Waals surface area contributed by atoms with Crippen molar-refractivity contribution in [1.82, 2.24) is 19.5 Å². The smallest absolute Gasteiger partial charge is 0.320 e. The third kappa shape index (κ3) is 2.89. The van der Waals surface area contributed by atoms with E-state index in [2.05, 4.69) is 15.0 Å². The Labute approximate surface area is 147 Å². The van der Waals surface area contributed by atoms with E-state index in [-0.39, 0.29) is 5.25 Å². The molecule has 1 atom stereocenters. The number of hydrogen-bond acceptors (Lipinski definition) is 3. The van der Waals surface area contributed by atoms with E-state index < -0.39 is 6.55 Å². The summed E-state index contributed by atoms with van der Waals surface area (Å²) >= 11 is 1.39. The molecular weight excluding hydrogens is 342 g/mol. The number of alkyl halides is 2. The molecule has 7 heteroatoms. The van der Waals surface area contributed by atoms with E-state index in [1.165, 1.54) is 11.8 Å². The van der Waals surface area contributed by atoms with Gasteiger partial charge in [-0.15, -0.1) is 0 Å². The summed E-state index contributed by atoms with van der Waals surface area (Å²) in [6.45, 7) is 1.24. The van der Waals surface area contributed by atoms with Crippen molar-refractivity contribution in [2.75, 3.05) is 0 Å². The molecule has 0 spiro atoms. The molecule has 2 heterocycles. The minimum absolute atomic E-state index is 0.275. The summed E-state index contributed by atoms with van der Waals surface area (Å²) < 4.78 is 28.2. The molecule has 2 aromatic heterocycles. The predicted octanol–water partition coefficient (Wildman–Crippen LogP) is 5.47. The first-order valence-corrected chi connectivity index (χ1v) is 8.79. The summed E-state index contributed by atoms with van der Waals surface area (Å²) in [4.78, 5) is 12.2. The third-order valence-corrected chi connectivity index (χ3v) is 5.07. The maximum Gasteiger partial charge on any atom is 0.320 e. The molecule has 0 saturated heterocycles. The molecule has 128 valence electrons. The molecule has 1 unspecified atom stereocenters. The van der Waals surface area contributed by atoms with Crippen LogP contribution in [0, 0.1) is 6.92 Å². The molecule has 2 aromatic carbocycles. The molecule has 0 fully saturated rings. The van der Waals surface area contributed by atoms with Gasteiger partial charge in [0.2, 0.25) is 0 Å². The van der Waals surface area contributed by atoms with Gasteiger partial charge >= 0.3 is 6.55 Å². The van der Waals surface area contributed by atoms with Crippen molar-refractivity contribution in [2.24, 2.45) is 0 Å². The Balaban J connectivity index is 1.71. The Morgan fingerprint density at radius 2 is 1.88 bits per heavy atom. The fourth-order valence-electron chi connectivity index (χ4n) is 2.93. The SMILES string of the molecule is Cc1ccc2nc(SC(C)c3nc4ccccc4n3C(F)F)[nH]c2c1. The molecule has 0 amide bonds. The van der Waals surface area contributed by atoms with Crippen LogP contribution in [0.2, 0.25) is 0 Å². The molecular formula is C18H16F2N4S. The molecule has 4 aromatic rings. The highest BCUT2D eigenvalue weighted by Gasteiger charge is 2.23. The summed E-state index contributed by atoms with van der Waals surface area (Å²) in [5, 5.41) is 0.420. The van der Waals surface area contributed by atoms with Crippen molar-refractivity contribution >= 4 is 33.8 Å². The molecule has 0 aliphatic rings. The van der Waals surface area contributed by atoms with Gasteiger partial charge < -0.3 is 4.98 Å². The molecule has 4 nitrogen and oxygen atoms in total. The average molecular weight is 358 g/mol. The van der Waals surface area contributed by atoms with Gasteiger partial charge in [0, 0.05) is 0 Å². The van der Waals surface area contributed by atoms with Gasteiger partial charge in [0.1, 0.15) is 5.82 Å². The first-order valence-electron chi connectivity index (χ1n) is 7.91. The highest BCUT2D eigenvalue weighted by molar-refractivity contribution is 7.99. The number of rotatable bonds is 4. The van der Waals surface area contributed by atoms with Crippen LogP contribution in [0.4, 0.5) is 8.78 Å². The van der Waals surface area contributed by atoms with Crippen molar-refractivity contribution in [3.8, 4) is 0 Å².